The molecule has 0 saturated carbocycles. The number of fused-ring (bicyclic) bond motifs is 1. The Morgan fingerprint density at radius 2 is 2.10 bits per heavy atom. The van der Waals surface area contributed by atoms with Crippen molar-refractivity contribution in [2.24, 2.45) is 10.9 Å². The summed E-state index contributed by atoms with van der Waals surface area (Å²) in [5.74, 6) is 0.182. The lowest BCUT2D eigenvalue weighted by atomic mass is 9.84. The number of amides is 2. The van der Waals surface area contributed by atoms with Crippen LogP contribution in [-0.2, 0) is 18.7 Å². The lowest BCUT2D eigenvalue weighted by Gasteiger charge is -2.50. The summed E-state index contributed by atoms with van der Waals surface area (Å²) in [4.78, 5) is 39.5. The third-order valence-electron chi connectivity index (χ3n) is 5.99. The molecule has 1 unspecified atom stereocenters. The van der Waals surface area contributed by atoms with E-state index in [9.17, 15) is 9.59 Å². The summed E-state index contributed by atoms with van der Waals surface area (Å²) < 4.78 is 19.5. The summed E-state index contributed by atoms with van der Waals surface area (Å²) in [5.41, 5.74) is 11.2. The SMILES string of the molecule is CC1(C)C(NC(=O)/C(=N\OCCOc2ccc3nc(NCCCN)ccc3c2)c2csc(N)n2)C(=O)N1OSO. The Morgan fingerprint density at radius 1 is 1.27 bits per heavy atom. The molecule has 0 radical (unpaired) electrons. The van der Waals surface area contributed by atoms with E-state index in [1.165, 1.54) is 0 Å². The Balaban J connectivity index is 1.34. The standard InChI is InChI=1S/C24H30N8O6S2/c1-24(2)20(22(34)32(24)38-40-35)30-21(33)19(17-13-39-23(26)29-17)31-37-11-10-36-15-5-6-16-14(12-15)4-7-18(28-16)27-9-3-8-25/h4-7,12-13,20,35H,3,8-11,25H2,1-2H3,(H2,26,29)(H,27,28)(H,30,33)/b31-19-. The van der Waals surface area contributed by atoms with E-state index in [1.807, 2.05) is 24.3 Å². The van der Waals surface area contributed by atoms with Gasteiger partial charge >= 0.3 is 0 Å². The zero-order valence-corrected chi connectivity index (χ0v) is 23.5. The average molecular weight is 591 g/mol. The Bertz CT molecular complexity index is 1380. The number of ether oxygens (including phenoxy) is 1. The Hall–Kier alpha value is -3.70. The van der Waals surface area contributed by atoms with Crippen molar-refractivity contribution >= 4 is 63.0 Å². The molecule has 3 heterocycles. The second-order valence-corrected chi connectivity index (χ2v) is 10.3. The maximum atomic E-state index is 13.0. The number of anilines is 2. The summed E-state index contributed by atoms with van der Waals surface area (Å²) in [6.07, 6.45) is 0.861. The molecule has 1 atom stereocenters. The number of rotatable bonds is 14. The van der Waals surface area contributed by atoms with E-state index in [1.54, 1.807) is 25.3 Å². The highest BCUT2D eigenvalue weighted by Gasteiger charge is 2.57. The number of nitrogens with one attached hydrogen (secondary N) is 2. The monoisotopic (exact) mass is 590 g/mol. The molecule has 7 N–H and O–H groups in total. The van der Waals surface area contributed by atoms with E-state index < -0.39 is 23.4 Å². The zero-order chi connectivity index (χ0) is 28.7. The van der Waals surface area contributed by atoms with E-state index in [-0.39, 0.29) is 42.1 Å². The van der Waals surface area contributed by atoms with E-state index in [4.69, 9.17) is 29.9 Å². The molecule has 1 fully saturated rings. The van der Waals surface area contributed by atoms with Gasteiger partial charge in [-0.15, -0.1) is 11.3 Å². The van der Waals surface area contributed by atoms with Crippen LogP contribution in [-0.4, -0.2) is 75.0 Å². The summed E-state index contributed by atoms with van der Waals surface area (Å²) in [7, 11) is 0. The number of nitrogens with zero attached hydrogens (tertiary/aromatic N) is 4. The molecule has 14 nitrogen and oxygen atoms in total. The van der Waals surface area contributed by atoms with Crippen LogP contribution in [0.4, 0.5) is 10.9 Å². The van der Waals surface area contributed by atoms with Crippen molar-refractivity contribution in [1.82, 2.24) is 20.3 Å². The minimum Gasteiger partial charge on any atom is -0.490 e. The second kappa shape index (κ2) is 13.1. The van der Waals surface area contributed by atoms with Crippen molar-refractivity contribution in [2.75, 3.05) is 37.4 Å². The number of benzene rings is 1. The number of pyridine rings is 1. The van der Waals surface area contributed by atoms with Crippen LogP contribution in [0.15, 0.2) is 40.9 Å². The molecule has 0 bridgehead atoms. The van der Waals surface area contributed by atoms with E-state index in [0.29, 0.717) is 12.3 Å². The molecule has 1 aliphatic heterocycles. The van der Waals surface area contributed by atoms with Gasteiger partial charge in [0.15, 0.2) is 29.8 Å². The number of β-lactam (4-membered cyclic amide) rings is 1. The van der Waals surface area contributed by atoms with Crippen LogP contribution in [0.3, 0.4) is 0 Å². The van der Waals surface area contributed by atoms with Crippen LogP contribution in [0.25, 0.3) is 10.9 Å². The number of nitrogen functional groups attached to an aromatic ring is 1. The van der Waals surface area contributed by atoms with Crippen LogP contribution in [0.1, 0.15) is 26.0 Å². The molecule has 1 saturated heterocycles. The maximum Gasteiger partial charge on any atom is 0.276 e. The Labute approximate surface area is 238 Å². The van der Waals surface area contributed by atoms with Gasteiger partial charge in [-0.1, -0.05) is 5.16 Å². The fraction of sp³-hybridized carbons (Fsp3) is 0.375. The average Bonchev–Trinajstić information content (AvgIpc) is 3.37. The van der Waals surface area contributed by atoms with Gasteiger partial charge in [0.05, 0.1) is 11.1 Å². The molecule has 214 valence electrons. The van der Waals surface area contributed by atoms with Gasteiger partial charge in [-0.25, -0.2) is 9.97 Å². The fourth-order valence-corrected chi connectivity index (χ4v) is 4.76. The number of aromatic nitrogens is 2. The summed E-state index contributed by atoms with van der Waals surface area (Å²) in [5, 5.41) is 13.5. The maximum absolute atomic E-state index is 13.0. The number of thiazole rings is 1. The highest BCUT2D eigenvalue weighted by atomic mass is 32.2. The predicted molar refractivity (Wildman–Crippen MR) is 153 cm³/mol. The molecule has 1 aromatic carbocycles. The molecule has 4 rings (SSSR count). The molecule has 2 amide bonds. The van der Waals surface area contributed by atoms with Crippen molar-refractivity contribution in [3.8, 4) is 5.75 Å². The first kappa shape index (κ1) is 29.3. The van der Waals surface area contributed by atoms with Gasteiger partial charge in [0, 0.05) is 17.3 Å². The first-order valence-corrected chi connectivity index (χ1v) is 13.8. The molecule has 3 aromatic rings. The molecule has 0 aliphatic carbocycles. The van der Waals surface area contributed by atoms with E-state index in [2.05, 4.69) is 25.8 Å². The summed E-state index contributed by atoms with van der Waals surface area (Å²) in [6, 6.07) is 8.46. The number of carbonyl (C=O) groups is 2. The summed E-state index contributed by atoms with van der Waals surface area (Å²) in [6.45, 7) is 4.89. The second-order valence-electron chi connectivity index (χ2n) is 9.15. The molecule has 1 aliphatic rings. The number of nitrogens with two attached hydrogens (primary N) is 2. The Kier molecular flexibility index (Phi) is 9.59. The molecule has 40 heavy (non-hydrogen) atoms. The first-order valence-electron chi connectivity index (χ1n) is 12.3. The topological polar surface area (TPSA) is 200 Å². The van der Waals surface area contributed by atoms with Crippen molar-refractivity contribution in [3.05, 3.63) is 41.4 Å². The lowest BCUT2D eigenvalue weighted by molar-refractivity contribution is -0.214. The minimum atomic E-state index is -0.920. The highest BCUT2D eigenvalue weighted by molar-refractivity contribution is 7.88. The third kappa shape index (κ3) is 6.71. The van der Waals surface area contributed by atoms with Crippen LogP contribution >= 0.6 is 23.7 Å². The molecule has 0 spiro atoms. The lowest BCUT2D eigenvalue weighted by Crippen LogP contribution is -2.76. The number of hydrogen-bond acceptors (Lipinski definition) is 14. The van der Waals surface area contributed by atoms with Gasteiger partial charge in [-0.2, -0.15) is 9.35 Å². The zero-order valence-electron chi connectivity index (χ0n) is 21.8. The Morgan fingerprint density at radius 3 is 2.80 bits per heavy atom. The molecular weight excluding hydrogens is 560 g/mol. The highest BCUT2D eigenvalue weighted by Crippen LogP contribution is 2.33. The van der Waals surface area contributed by atoms with E-state index >= 15 is 0 Å². The first-order chi connectivity index (χ1) is 19.2. The van der Waals surface area contributed by atoms with Gasteiger partial charge in [0.1, 0.15) is 29.9 Å². The van der Waals surface area contributed by atoms with Crippen LogP contribution in [0.5, 0.6) is 5.75 Å². The van der Waals surface area contributed by atoms with Gasteiger partial charge < -0.3 is 36.2 Å². The number of hydroxylamine groups is 2. The quantitative estimate of drug-likeness (QED) is 0.0602. The predicted octanol–water partition coefficient (Wildman–Crippen LogP) is 1.99. The molecule has 2 aromatic heterocycles. The van der Waals surface area contributed by atoms with Crippen LogP contribution in [0, 0.1) is 0 Å². The molecular formula is C24H30N8O6S2. The minimum absolute atomic E-state index is 0.0277. The third-order valence-corrected chi connectivity index (χ3v) is 6.88. The summed E-state index contributed by atoms with van der Waals surface area (Å²) >= 11 is 1.17. The van der Waals surface area contributed by atoms with Gasteiger partial charge in [0.25, 0.3) is 11.8 Å². The fourth-order valence-electron chi connectivity index (χ4n) is 3.88. The van der Waals surface area contributed by atoms with Gasteiger partial charge in [-0.3, -0.25) is 9.59 Å². The number of oxime groups is 1. The van der Waals surface area contributed by atoms with Crippen LogP contribution < -0.4 is 26.8 Å². The van der Waals surface area contributed by atoms with E-state index in [0.717, 1.165) is 46.1 Å². The van der Waals surface area contributed by atoms with Gasteiger partial charge in [-0.05, 0) is 57.1 Å². The van der Waals surface area contributed by atoms with Crippen molar-refractivity contribution in [1.29, 1.82) is 0 Å². The van der Waals surface area contributed by atoms with Crippen molar-refractivity contribution in [3.63, 3.8) is 0 Å². The largest absolute Gasteiger partial charge is 0.490 e. The normalized spacial score (nSPS) is 16.5. The number of carbonyl (C=O) groups excluding carboxylic acids is 2. The molecule has 16 heteroatoms. The van der Waals surface area contributed by atoms with Gasteiger partial charge in [0.2, 0.25) is 0 Å². The smallest absolute Gasteiger partial charge is 0.276 e. The number of hydrogen-bond donors (Lipinski definition) is 5. The van der Waals surface area contributed by atoms with Crippen molar-refractivity contribution < 1.29 is 28.0 Å². The van der Waals surface area contributed by atoms with Crippen LogP contribution in [0.2, 0.25) is 0 Å². The van der Waals surface area contributed by atoms with Crippen molar-refractivity contribution in [2.45, 2.75) is 31.8 Å².